The topological polar surface area (TPSA) is 32.8 Å². The van der Waals surface area contributed by atoms with Crippen molar-refractivity contribution in [1.82, 2.24) is 9.80 Å². The average molecular weight is 244 g/mol. The number of nitrogens with zero attached hydrogens (tertiary/aromatic N) is 2. The molecule has 0 amide bonds. The van der Waals surface area contributed by atoms with Gasteiger partial charge in [-0.1, -0.05) is 20.8 Å². The Morgan fingerprint density at radius 2 is 1.71 bits per heavy atom. The van der Waals surface area contributed by atoms with Gasteiger partial charge in [-0.05, 0) is 20.0 Å². The fourth-order valence-electron chi connectivity index (χ4n) is 1.78. The van der Waals surface area contributed by atoms with Crippen molar-refractivity contribution in [2.75, 3.05) is 47.4 Å². The van der Waals surface area contributed by atoms with Crippen LogP contribution in [0.2, 0.25) is 0 Å². The Labute approximate surface area is 106 Å². The van der Waals surface area contributed by atoms with Crippen molar-refractivity contribution in [2.45, 2.75) is 20.8 Å². The van der Waals surface area contributed by atoms with Gasteiger partial charge < -0.3 is 14.5 Å². The largest absolute Gasteiger partial charge is 0.469 e. The van der Waals surface area contributed by atoms with Gasteiger partial charge in [0.05, 0.1) is 13.0 Å². The maximum atomic E-state index is 11.4. The molecule has 17 heavy (non-hydrogen) atoms. The van der Waals surface area contributed by atoms with Crippen LogP contribution in [0.5, 0.6) is 0 Å². The van der Waals surface area contributed by atoms with E-state index in [9.17, 15) is 4.79 Å². The zero-order valence-corrected chi connectivity index (χ0v) is 12.2. The first-order chi connectivity index (χ1) is 7.86. The summed E-state index contributed by atoms with van der Waals surface area (Å²) in [5, 5.41) is 0. The summed E-state index contributed by atoms with van der Waals surface area (Å²) in [5.74, 6) is 0.437. The zero-order valence-electron chi connectivity index (χ0n) is 12.2. The Kier molecular flexibility index (Phi) is 8.17. The van der Waals surface area contributed by atoms with Crippen molar-refractivity contribution in [2.24, 2.45) is 11.8 Å². The number of carbonyl (C=O) groups is 1. The van der Waals surface area contributed by atoms with E-state index in [0.717, 1.165) is 26.2 Å². The molecule has 0 N–H and O–H groups in total. The Hall–Kier alpha value is -0.610. The summed E-state index contributed by atoms with van der Waals surface area (Å²) >= 11 is 0. The molecule has 1 atom stereocenters. The van der Waals surface area contributed by atoms with Crippen LogP contribution in [0, 0.1) is 11.8 Å². The van der Waals surface area contributed by atoms with Gasteiger partial charge in [0.25, 0.3) is 0 Å². The standard InChI is InChI=1S/C13H28N2O2/c1-11(2)9-15(8-7-14(4)5)10-12(3)13(16)17-6/h11-12H,7-10H2,1-6H3. The van der Waals surface area contributed by atoms with Gasteiger partial charge in [-0.15, -0.1) is 0 Å². The minimum absolute atomic E-state index is 0.0547. The molecule has 1 unspecified atom stereocenters. The lowest BCUT2D eigenvalue weighted by atomic mass is 10.1. The van der Waals surface area contributed by atoms with E-state index in [2.05, 4.69) is 37.7 Å². The molecule has 0 aromatic heterocycles. The first-order valence-corrected chi connectivity index (χ1v) is 6.31. The van der Waals surface area contributed by atoms with Gasteiger partial charge in [-0.3, -0.25) is 4.79 Å². The number of esters is 1. The third-order valence-corrected chi connectivity index (χ3v) is 2.62. The first kappa shape index (κ1) is 16.4. The minimum atomic E-state index is -0.122. The quantitative estimate of drug-likeness (QED) is 0.603. The molecule has 0 saturated heterocycles. The summed E-state index contributed by atoms with van der Waals surface area (Å²) in [5.41, 5.74) is 0. The molecule has 0 radical (unpaired) electrons. The van der Waals surface area contributed by atoms with E-state index < -0.39 is 0 Å². The normalized spacial score (nSPS) is 13.5. The Morgan fingerprint density at radius 3 is 2.12 bits per heavy atom. The van der Waals surface area contributed by atoms with Crippen molar-refractivity contribution in [3.8, 4) is 0 Å². The van der Waals surface area contributed by atoms with E-state index in [4.69, 9.17) is 4.74 Å². The van der Waals surface area contributed by atoms with Crippen LogP contribution in [0.4, 0.5) is 0 Å². The van der Waals surface area contributed by atoms with E-state index in [0.29, 0.717) is 5.92 Å². The lowest BCUT2D eigenvalue weighted by molar-refractivity contribution is -0.145. The SMILES string of the molecule is COC(=O)C(C)CN(CCN(C)C)CC(C)C. The number of rotatable bonds is 8. The number of methoxy groups -OCH3 is 1. The number of carbonyl (C=O) groups excluding carboxylic acids is 1. The number of ether oxygens (including phenoxy) is 1. The van der Waals surface area contributed by atoms with E-state index in [1.165, 1.54) is 7.11 Å². The van der Waals surface area contributed by atoms with Crippen molar-refractivity contribution in [1.29, 1.82) is 0 Å². The van der Waals surface area contributed by atoms with Gasteiger partial charge in [0.2, 0.25) is 0 Å². The fourth-order valence-corrected chi connectivity index (χ4v) is 1.78. The molecule has 0 bridgehead atoms. The van der Waals surface area contributed by atoms with Gasteiger partial charge in [0.1, 0.15) is 0 Å². The van der Waals surface area contributed by atoms with E-state index in [1.807, 2.05) is 6.92 Å². The van der Waals surface area contributed by atoms with Crippen LogP contribution < -0.4 is 0 Å². The van der Waals surface area contributed by atoms with Crippen molar-refractivity contribution in [3.05, 3.63) is 0 Å². The number of hydrogen-bond acceptors (Lipinski definition) is 4. The molecule has 0 aromatic carbocycles. The fraction of sp³-hybridized carbons (Fsp3) is 0.923. The molecule has 4 nitrogen and oxygen atoms in total. The van der Waals surface area contributed by atoms with Crippen LogP contribution >= 0.6 is 0 Å². The second kappa shape index (κ2) is 8.48. The molecule has 0 saturated carbocycles. The molecule has 0 aromatic rings. The van der Waals surface area contributed by atoms with Gasteiger partial charge in [0, 0.05) is 26.2 Å². The van der Waals surface area contributed by atoms with Crippen LogP contribution in [-0.2, 0) is 9.53 Å². The highest BCUT2D eigenvalue weighted by molar-refractivity contribution is 5.72. The molecule has 0 heterocycles. The van der Waals surface area contributed by atoms with Crippen LogP contribution in [-0.4, -0.2) is 63.2 Å². The summed E-state index contributed by atoms with van der Waals surface area (Å²) in [6, 6.07) is 0. The highest BCUT2D eigenvalue weighted by Gasteiger charge is 2.18. The predicted molar refractivity (Wildman–Crippen MR) is 71.0 cm³/mol. The Morgan fingerprint density at radius 1 is 1.12 bits per heavy atom. The van der Waals surface area contributed by atoms with Crippen molar-refractivity contribution < 1.29 is 9.53 Å². The second-order valence-electron chi connectivity index (χ2n) is 5.38. The zero-order chi connectivity index (χ0) is 13.4. The van der Waals surface area contributed by atoms with Gasteiger partial charge >= 0.3 is 5.97 Å². The summed E-state index contributed by atoms with van der Waals surface area (Å²) in [6.45, 7) is 10.1. The maximum Gasteiger partial charge on any atom is 0.309 e. The average Bonchev–Trinajstić information content (AvgIpc) is 2.23. The lowest BCUT2D eigenvalue weighted by Gasteiger charge is -2.27. The lowest BCUT2D eigenvalue weighted by Crippen LogP contribution is -2.39. The van der Waals surface area contributed by atoms with E-state index in [1.54, 1.807) is 0 Å². The third-order valence-electron chi connectivity index (χ3n) is 2.62. The van der Waals surface area contributed by atoms with E-state index in [-0.39, 0.29) is 11.9 Å². The molecule has 0 aliphatic rings. The van der Waals surface area contributed by atoms with Gasteiger partial charge in [0.15, 0.2) is 0 Å². The molecule has 4 heteroatoms. The summed E-state index contributed by atoms with van der Waals surface area (Å²) in [4.78, 5) is 15.9. The maximum absolute atomic E-state index is 11.4. The third kappa shape index (κ3) is 8.16. The predicted octanol–water partition coefficient (Wildman–Crippen LogP) is 1.32. The van der Waals surface area contributed by atoms with Crippen LogP contribution in [0.1, 0.15) is 20.8 Å². The Balaban J connectivity index is 4.21. The van der Waals surface area contributed by atoms with Crippen LogP contribution in [0.25, 0.3) is 0 Å². The molecular formula is C13H28N2O2. The van der Waals surface area contributed by atoms with Crippen LogP contribution in [0.15, 0.2) is 0 Å². The molecule has 102 valence electrons. The molecule has 0 aliphatic carbocycles. The van der Waals surface area contributed by atoms with Crippen molar-refractivity contribution in [3.63, 3.8) is 0 Å². The summed E-state index contributed by atoms with van der Waals surface area (Å²) in [6.07, 6.45) is 0. The van der Waals surface area contributed by atoms with Crippen molar-refractivity contribution >= 4 is 5.97 Å². The van der Waals surface area contributed by atoms with E-state index >= 15 is 0 Å². The molecule has 0 rings (SSSR count). The van der Waals surface area contributed by atoms with Gasteiger partial charge in [-0.25, -0.2) is 0 Å². The number of hydrogen-bond donors (Lipinski definition) is 0. The smallest absolute Gasteiger partial charge is 0.309 e. The monoisotopic (exact) mass is 244 g/mol. The summed E-state index contributed by atoms with van der Waals surface area (Å²) < 4.78 is 4.77. The molecule has 0 fully saturated rings. The second-order valence-corrected chi connectivity index (χ2v) is 5.38. The summed E-state index contributed by atoms with van der Waals surface area (Å²) in [7, 11) is 5.58. The van der Waals surface area contributed by atoms with Crippen LogP contribution in [0.3, 0.4) is 0 Å². The number of likely N-dealkylation sites (N-methyl/N-ethyl adjacent to an activating group) is 1. The molecule has 0 spiro atoms. The Bertz CT molecular complexity index is 217. The first-order valence-electron chi connectivity index (χ1n) is 6.31. The minimum Gasteiger partial charge on any atom is -0.469 e. The highest BCUT2D eigenvalue weighted by atomic mass is 16.5. The highest BCUT2D eigenvalue weighted by Crippen LogP contribution is 2.05. The molecular weight excluding hydrogens is 216 g/mol. The van der Waals surface area contributed by atoms with Gasteiger partial charge in [-0.2, -0.15) is 0 Å². The molecule has 0 aliphatic heterocycles.